The van der Waals surface area contributed by atoms with E-state index in [1.54, 1.807) is 7.11 Å². The molecule has 2 heterocycles. The number of ether oxygens (including phenoxy) is 1. The summed E-state index contributed by atoms with van der Waals surface area (Å²) < 4.78 is 32.0. The van der Waals surface area contributed by atoms with E-state index in [9.17, 15) is 13.2 Å². The molecule has 1 saturated heterocycles. The van der Waals surface area contributed by atoms with Crippen LogP contribution in [0.3, 0.4) is 0 Å². The molecular weight excluding hydrogens is 328 g/mol. The third kappa shape index (κ3) is 4.26. The van der Waals surface area contributed by atoms with Gasteiger partial charge in [-0.3, -0.25) is 0 Å². The van der Waals surface area contributed by atoms with Crippen LogP contribution in [0.1, 0.15) is 16.1 Å². The molecule has 1 unspecified atom stereocenters. The molecule has 0 amide bonds. The standard InChI is InChI=1S/C13H20N2O5S2/c1-20-6-5-15-4-2-10(9-15)8-14-22(18,19)11-3-7-21-12(11)13(16)17/h3,7,10,14H,2,4-6,8-9H2,1H3,(H,16,17). The van der Waals surface area contributed by atoms with Crippen LogP contribution in [0, 0.1) is 5.92 Å². The van der Waals surface area contributed by atoms with Crippen molar-refractivity contribution >= 4 is 27.3 Å². The number of carbonyl (C=O) groups is 1. The Kier molecular flexibility index (Phi) is 5.93. The minimum atomic E-state index is -3.78. The van der Waals surface area contributed by atoms with Crippen LogP contribution in [0.25, 0.3) is 0 Å². The number of aromatic carboxylic acids is 1. The Morgan fingerprint density at radius 1 is 1.59 bits per heavy atom. The Bertz CT molecular complexity index is 614. The highest BCUT2D eigenvalue weighted by atomic mass is 32.2. The van der Waals surface area contributed by atoms with Gasteiger partial charge in [-0.15, -0.1) is 11.3 Å². The van der Waals surface area contributed by atoms with Gasteiger partial charge in [-0.2, -0.15) is 0 Å². The molecular formula is C13H20N2O5S2. The Morgan fingerprint density at radius 2 is 2.36 bits per heavy atom. The van der Waals surface area contributed by atoms with E-state index in [4.69, 9.17) is 9.84 Å². The Morgan fingerprint density at radius 3 is 3.05 bits per heavy atom. The van der Waals surface area contributed by atoms with Gasteiger partial charge in [0.2, 0.25) is 10.0 Å². The fourth-order valence-corrected chi connectivity index (χ4v) is 4.85. The molecule has 1 atom stereocenters. The summed E-state index contributed by atoms with van der Waals surface area (Å²) in [5.74, 6) is -0.986. The first-order chi connectivity index (χ1) is 10.4. The number of rotatable bonds is 8. The smallest absolute Gasteiger partial charge is 0.347 e. The average Bonchev–Trinajstić information content (AvgIpc) is 3.12. The van der Waals surface area contributed by atoms with Crippen LogP contribution in [-0.4, -0.2) is 64.3 Å². The van der Waals surface area contributed by atoms with Crippen molar-refractivity contribution in [2.24, 2.45) is 5.92 Å². The second kappa shape index (κ2) is 7.51. The van der Waals surface area contributed by atoms with Crippen molar-refractivity contribution in [2.75, 3.05) is 39.9 Å². The maximum absolute atomic E-state index is 12.2. The average molecular weight is 348 g/mol. The minimum Gasteiger partial charge on any atom is -0.477 e. The third-order valence-electron chi connectivity index (χ3n) is 3.66. The first-order valence-electron chi connectivity index (χ1n) is 6.96. The number of nitrogens with zero attached hydrogens (tertiary/aromatic N) is 1. The highest BCUT2D eigenvalue weighted by Crippen LogP contribution is 2.22. The molecule has 0 aromatic carbocycles. The number of sulfonamides is 1. The predicted octanol–water partition coefficient (Wildman–Crippen LogP) is 0.693. The summed E-state index contributed by atoms with van der Waals surface area (Å²) >= 11 is 0.911. The lowest BCUT2D eigenvalue weighted by atomic mass is 10.1. The molecule has 0 spiro atoms. The first kappa shape index (κ1) is 17.4. The van der Waals surface area contributed by atoms with Gasteiger partial charge in [-0.25, -0.2) is 17.9 Å². The Labute approximate surface area is 133 Å². The quantitative estimate of drug-likeness (QED) is 0.718. The van der Waals surface area contributed by atoms with Gasteiger partial charge in [0, 0.05) is 26.7 Å². The van der Waals surface area contributed by atoms with Crippen LogP contribution in [0.4, 0.5) is 0 Å². The zero-order chi connectivity index (χ0) is 16.2. The second-order valence-electron chi connectivity index (χ2n) is 5.22. The number of methoxy groups -OCH3 is 1. The molecule has 0 radical (unpaired) electrons. The predicted molar refractivity (Wildman–Crippen MR) is 82.9 cm³/mol. The molecule has 1 aliphatic heterocycles. The molecule has 7 nitrogen and oxygen atoms in total. The molecule has 0 aliphatic carbocycles. The molecule has 0 bridgehead atoms. The van der Waals surface area contributed by atoms with Crippen molar-refractivity contribution in [1.82, 2.24) is 9.62 Å². The van der Waals surface area contributed by atoms with Crippen molar-refractivity contribution in [3.05, 3.63) is 16.3 Å². The van der Waals surface area contributed by atoms with Crippen LogP contribution in [0.15, 0.2) is 16.3 Å². The van der Waals surface area contributed by atoms with Gasteiger partial charge < -0.3 is 14.7 Å². The van der Waals surface area contributed by atoms with E-state index in [-0.39, 0.29) is 15.7 Å². The molecule has 1 aliphatic rings. The molecule has 1 aromatic heterocycles. The normalized spacial score (nSPS) is 19.6. The number of hydrogen-bond acceptors (Lipinski definition) is 6. The van der Waals surface area contributed by atoms with E-state index in [2.05, 4.69) is 9.62 Å². The van der Waals surface area contributed by atoms with Gasteiger partial charge in [-0.05, 0) is 30.3 Å². The summed E-state index contributed by atoms with van der Waals surface area (Å²) in [5.41, 5.74) is 0. The summed E-state index contributed by atoms with van der Waals surface area (Å²) in [6.07, 6.45) is 0.918. The van der Waals surface area contributed by atoms with E-state index >= 15 is 0 Å². The number of carboxylic acid groups (broad SMARTS) is 1. The van der Waals surface area contributed by atoms with E-state index < -0.39 is 16.0 Å². The summed E-state index contributed by atoms with van der Waals surface area (Å²) in [7, 11) is -2.12. The van der Waals surface area contributed by atoms with E-state index in [0.29, 0.717) is 13.2 Å². The number of nitrogens with one attached hydrogen (secondary N) is 1. The molecule has 124 valence electrons. The lowest BCUT2D eigenvalue weighted by Crippen LogP contribution is -2.32. The van der Waals surface area contributed by atoms with Gasteiger partial charge in [0.25, 0.3) is 0 Å². The van der Waals surface area contributed by atoms with Crippen molar-refractivity contribution in [2.45, 2.75) is 11.3 Å². The highest BCUT2D eigenvalue weighted by Gasteiger charge is 2.27. The van der Waals surface area contributed by atoms with Crippen molar-refractivity contribution in [1.29, 1.82) is 0 Å². The number of hydrogen-bond donors (Lipinski definition) is 2. The number of thiophene rings is 1. The second-order valence-corrected chi connectivity index (χ2v) is 7.87. The van der Waals surface area contributed by atoms with Gasteiger partial charge in [0.1, 0.15) is 9.77 Å². The molecule has 0 saturated carbocycles. The molecule has 1 fully saturated rings. The topological polar surface area (TPSA) is 95.9 Å². The molecule has 2 rings (SSSR count). The van der Waals surface area contributed by atoms with Crippen LogP contribution >= 0.6 is 11.3 Å². The highest BCUT2D eigenvalue weighted by molar-refractivity contribution is 7.89. The van der Waals surface area contributed by atoms with Crippen LogP contribution < -0.4 is 4.72 Å². The van der Waals surface area contributed by atoms with Crippen LogP contribution in [-0.2, 0) is 14.8 Å². The van der Waals surface area contributed by atoms with Gasteiger partial charge in [0.15, 0.2) is 0 Å². The maximum atomic E-state index is 12.2. The summed E-state index contributed by atoms with van der Waals surface area (Å²) in [6, 6.07) is 1.33. The first-order valence-corrected chi connectivity index (χ1v) is 9.32. The van der Waals surface area contributed by atoms with Crippen molar-refractivity contribution in [3.8, 4) is 0 Å². The van der Waals surface area contributed by atoms with Crippen molar-refractivity contribution in [3.63, 3.8) is 0 Å². The van der Waals surface area contributed by atoms with E-state index in [1.807, 2.05) is 0 Å². The molecule has 1 aromatic rings. The zero-order valence-corrected chi connectivity index (χ0v) is 14.0. The fourth-order valence-electron chi connectivity index (χ4n) is 2.47. The zero-order valence-electron chi connectivity index (χ0n) is 12.3. The summed E-state index contributed by atoms with van der Waals surface area (Å²) in [5, 5.41) is 10.5. The number of likely N-dealkylation sites (tertiary alicyclic amines) is 1. The van der Waals surface area contributed by atoms with E-state index in [0.717, 1.165) is 37.4 Å². The fraction of sp³-hybridized carbons (Fsp3) is 0.615. The monoisotopic (exact) mass is 348 g/mol. The lowest BCUT2D eigenvalue weighted by Gasteiger charge is -2.15. The van der Waals surface area contributed by atoms with Gasteiger partial charge in [-0.1, -0.05) is 0 Å². The lowest BCUT2D eigenvalue weighted by molar-refractivity contribution is 0.0698. The SMILES string of the molecule is COCCN1CCC(CNS(=O)(=O)c2ccsc2C(=O)O)C1. The van der Waals surface area contributed by atoms with Gasteiger partial charge >= 0.3 is 5.97 Å². The molecule has 9 heteroatoms. The maximum Gasteiger partial charge on any atom is 0.347 e. The summed E-state index contributed by atoms with van der Waals surface area (Å²) in [4.78, 5) is 13.0. The Hall–Kier alpha value is -1.00. The van der Waals surface area contributed by atoms with Crippen LogP contribution in [0.5, 0.6) is 0 Å². The largest absolute Gasteiger partial charge is 0.477 e. The Balaban J connectivity index is 1.91. The van der Waals surface area contributed by atoms with Gasteiger partial charge in [0.05, 0.1) is 6.61 Å². The molecule has 22 heavy (non-hydrogen) atoms. The van der Waals surface area contributed by atoms with Crippen molar-refractivity contribution < 1.29 is 23.1 Å². The number of carboxylic acids is 1. The van der Waals surface area contributed by atoms with E-state index in [1.165, 1.54) is 11.4 Å². The molecule has 2 N–H and O–H groups in total. The minimum absolute atomic E-state index is 0.152. The third-order valence-corrected chi connectivity index (χ3v) is 6.15. The summed E-state index contributed by atoms with van der Waals surface area (Å²) in [6.45, 7) is 3.57. The van der Waals surface area contributed by atoms with Crippen LogP contribution in [0.2, 0.25) is 0 Å².